The molecule has 0 aromatic heterocycles. The first kappa shape index (κ1) is 18.0. The van der Waals surface area contributed by atoms with E-state index in [-0.39, 0.29) is 11.8 Å². The van der Waals surface area contributed by atoms with Gasteiger partial charge in [-0.25, -0.2) is 5.48 Å². The van der Waals surface area contributed by atoms with Crippen LogP contribution in [0, 0.1) is 5.92 Å². The molecule has 3 rings (SSSR count). The number of hydroxylamine groups is 1. The third-order valence-electron chi connectivity index (χ3n) is 4.93. The van der Waals surface area contributed by atoms with Crippen LogP contribution in [0.15, 0.2) is 54.6 Å². The zero-order valence-electron chi connectivity index (χ0n) is 14.4. The Morgan fingerprint density at radius 3 is 2.40 bits per heavy atom. The van der Waals surface area contributed by atoms with Crippen LogP contribution in [-0.4, -0.2) is 22.1 Å². The quantitative estimate of drug-likeness (QED) is 0.583. The van der Waals surface area contributed by atoms with Crippen molar-refractivity contribution in [3.8, 4) is 11.1 Å². The van der Waals surface area contributed by atoms with E-state index in [1.54, 1.807) is 0 Å². The van der Waals surface area contributed by atoms with Gasteiger partial charge in [-0.3, -0.25) is 10.0 Å². The zero-order valence-corrected chi connectivity index (χ0v) is 15.2. The number of rotatable bonds is 6. The standard InChI is InChI=1S/C21H25NO2S/c23-21(22-24)19-8-4-5-9-20(19)25-15-14-16-10-12-18(13-11-16)17-6-2-1-3-7-17/h1-3,6-7,10-13,19-20,24H,4-5,8-9,14-15H2,(H,22,23)/t19-,20+/m0/s1. The van der Waals surface area contributed by atoms with Gasteiger partial charge in [0.1, 0.15) is 0 Å². The third-order valence-corrected chi connectivity index (χ3v) is 6.37. The van der Waals surface area contributed by atoms with Crippen LogP contribution < -0.4 is 5.48 Å². The normalized spacial score (nSPS) is 20.2. The van der Waals surface area contributed by atoms with Crippen LogP contribution in [0.2, 0.25) is 0 Å². The van der Waals surface area contributed by atoms with E-state index in [0.717, 1.165) is 31.4 Å². The summed E-state index contributed by atoms with van der Waals surface area (Å²) in [4.78, 5) is 11.8. The first-order chi connectivity index (χ1) is 12.3. The molecular weight excluding hydrogens is 330 g/mol. The largest absolute Gasteiger partial charge is 0.289 e. The van der Waals surface area contributed by atoms with E-state index >= 15 is 0 Å². The van der Waals surface area contributed by atoms with Crippen molar-refractivity contribution in [3.05, 3.63) is 60.2 Å². The van der Waals surface area contributed by atoms with Crippen LogP contribution in [0.3, 0.4) is 0 Å². The number of hydrogen-bond acceptors (Lipinski definition) is 3. The Kier molecular flexibility index (Phi) is 6.54. The highest BCUT2D eigenvalue weighted by Crippen LogP contribution is 2.34. The van der Waals surface area contributed by atoms with Crippen molar-refractivity contribution >= 4 is 17.7 Å². The number of hydrogen-bond donors (Lipinski definition) is 2. The fourth-order valence-electron chi connectivity index (χ4n) is 3.50. The minimum absolute atomic E-state index is 0.0517. The Hall–Kier alpha value is -1.78. The van der Waals surface area contributed by atoms with Gasteiger partial charge in [0.15, 0.2) is 0 Å². The molecule has 2 aromatic carbocycles. The van der Waals surface area contributed by atoms with Crippen LogP contribution >= 0.6 is 11.8 Å². The van der Waals surface area contributed by atoms with Crippen molar-refractivity contribution in [1.82, 2.24) is 5.48 Å². The Morgan fingerprint density at radius 1 is 1.00 bits per heavy atom. The zero-order chi connectivity index (χ0) is 17.5. The van der Waals surface area contributed by atoms with Gasteiger partial charge in [-0.2, -0.15) is 11.8 Å². The summed E-state index contributed by atoms with van der Waals surface area (Å²) in [6.07, 6.45) is 5.21. The second kappa shape index (κ2) is 9.07. The second-order valence-electron chi connectivity index (χ2n) is 6.59. The molecule has 25 heavy (non-hydrogen) atoms. The predicted octanol–water partition coefficient (Wildman–Crippen LogP) is 4.69. The topological polar surface area (TPSA) is 49.3 Å². The first-order valence-corrected chi connectivity index (χ1v) is 10.0. The Labute approximate surface area is 153 Å². The molecule has 132 valence electrons. The maximum Gasteiger partial charge on any atom is 0.247 e. The summed E-state index contributed by atoms with van der Waals surface area (Å²) >= 11 is 1.87. The monoisotopic (exact) mass is 355 g/mol. The van der Waals surface area contributed by atoms with Crippen LogP contribution in [-0.2, 0) is 11.2 Å². The highest BCUT2D eigenvalue weighted by atomic mass is 32.2. The molecule has 2 atom stereocenters. The van der Waals surface area contributed by atoms with Crippen molar-refractivity contribution in [1.29, 1.82) is 0 Å². The van der Waals surface area contributed by atoms with Gasteiger partial charge < -0.3 is 0 Å². The minimum Gasteiger partial charge on any atom is -0.289 e. The molecule has 0 saturated heterocycles. The van der Waals surface area contributed by atoms with Crippen molar-refractivity contribution in [3.63, 3.8) is 0 Å². The molecule has 2 N–H and O–H groups in total. The Balaban J connectivity index is 1.52. The fraction of sp³-hybridized carbons (Fsp3) is 0.381. The van der Waals surface area contributed by atoms with Crippen molar-refractivity contribution in [2.24, 2.45) is 5.92 Å². The lowest BCUT2D eigenvalue weighted by Crippen LogP contribution is -2.36. The molecular formula is C21H25NO2S. The molecule has 0 aliphatic heterocycles. The molecule has 0 bridgehead atoms. The summed E-state index contributed by atoms with van der Waals surface area (Å²) in [5.41, 5.74) is 5.65. The van der Waals surface area contributed by atoms with E-state index in [0.29, 0.717) is 5.25 Å². The molecule has 1 fully saturated rings. The number of carbonyl (C=O) groups excluding carboxylic acids is 1. The van der Waals surface area contributed by atoms with Gasteiger partial charge in [0, 0.05) is 5.25 Å². The highest BCUT2D eigenvalue weighted by Gasteiger charge is 2.30. The summed E-state index contributed by atoms with van der Waals surface area (Å²) < 4.78 is 0. The number of aryl methyl sites for hydroxylation is 1. The van der Waals surface area contributed by atoms with Crippen molar-refractivity contribution in [2.75, 3.05) is 5.75 Å². The minimum atomic E-state index is -0.218. The second-order valence-corrected chi connectivity index (χ2v) is 7.94. The van der Waals surface area contributed by atoms with E-state index in [4.69, 9.17) is 5.21 Å². The van der Waals surface area contributed by atoms with E-state index in [9.17, 15) is 4.79 Å². The third kappa shape index (κ3) is 4.86. The summed E-state index contributed by atoms with van der Waals surface area (Å²) in [5.74, 6) is 0.735. The predicted molar refractivity (Wildman–Crippen MR) is 104 cm³/mol. The molecule has 4 heteroatoms. The summed E-state index contributed by atoms with van der Waals surface area (Å²) in [6, 6.07) is 19.1. The van der Waals surface area contributed by atoms with Gasteiger partial charge in [-0.1, -0.05) is 67.4 Å². The van der Waals surface area contributed by atoms with Crippen LogP contribution in [0.4, 0.5) is 0 Å². The molecule has 2 aromatic rings. The Morgan fingerprint density at radius 2 is 1.68 bits per heavy atom. The van der Waals surface area contributed by atoms with E-state index in [2.05, 4.69) is 48.5 Å². The number of amides is 1. The van der Waals surface area contributed by atoms with E-state index < -0.39 is 0 Å². The summed E-state index contributed by atoms with van der Waals surface area (Å²) in [5, 5.41) is 9.24. The fourth-order valence-corrected chi connectivity index (χ4v) is 4.98. The van der Waals surface area contributed by atoms with E-state index in [1.807, 2.05) is 23.3 Å². The highest BCUT2D eigenvalue weighted by molar-refractivity contribution is 7.99. The van der Waals surface area contributed by atoms with E-state index in [1.165, 1.54) is 23.1 Å². The van der Waals surface area contributed by atoms with Crippen molar-refractivity contribution in [2.45, 2.75) is 37.4 Å². The maximum atomic E-state index is 11.8. The summed E-state index contributed by atoms with van der Waals surface area (Å²) in [6.45, 7) is 0. The van der Waals surface area contributed by atoms with Gasteiger partial charge in [0.25, 0.3) is 0 Å². The van der Waals surface area contributed by atoms with Gasteiger partial charge in [-0.05, 0) is 41.7 Å². The van der Waals surface area contributed by atoms with Gasteiger partial charge >= 0.3 is 0 Å². The number of benzene rings is 2. The number of nitrogens with one attached hydrogen (secondary N) is 1. The maximum absolute atomic E-state index is 11.8. The lowest BCUT2D eigenvalue weighted by Gasteiger charge is -2.29. The SMILES string of the molecule is O=C(NO)[C@H]1CCCC[C@H]1SCCc1ccc(-c2ccccc2)cc1. The molecule has 0 heterocycles. The molecule has 0 unspecified atom stereocenters. The van der Waals surface area contributed by atoms with Gasteiger partial charge in [0.05, 0.1) is 5.92 Å². The molecule has 1 aliphatic carbocycles. The summed E-state index contributed by atoms with van der Waals surface area (Å²) in [7, 11) is 0. The lowest BCUT2D eigenvalue weighted by molar-refractivity contribution is -0.134. The molecule has 0 spiro atoms. The molecule has 3 nitrogen and oxygen atoms in total. The average molecular weight is 356 g/mol. The van der Waals surface area contributed by atoms with Crippen LogP contribution in [0.1, 0.15) is 31.2 Å². The van der Waals surface area contributed by atoms with Gasteiger partial charge in [-0.15, -0.1) is 0 Å². The first-order valence-electron chi connectivity index (χ1n) is 8.98. The van der Waals surface area contributed by atoms with Crippen LogP contribution in [0.5, 0.6) is 0 Å². The average Bonchev–Trinajstić information content (AvgIpc) is 2.69. The Bertz CT molecular complexity index is 672. The molecule has 1 amide bonds. The molecule has 0 radical (unpaired) electrons. The number of carbonyl (C=O) groups is 1. The lowest BCUT2D eigenvalue weighted by atomic mass is 9.88. The molecule has 1 saturated carbocycles. The van der Waals surface area contributed by atoms with Crippen LogP contribution in [0.25, 0.3) is 11.1 Å². The molecule has 1 aliphatic rings. The van der Waals surface area contributed by atoms with Gasteiger partial charge in [0.2, 0.25) is 5.91 Å². The smallest absolute Gasteiger partial charge is 0.247 e. The van der Waals surface area contributed by atoms with Crippen molar-refractivity contribution < 1.29 is 10.0 Å². The number of thioether (sulfide) groups is 1.